The Balaban J connectivity index is 1.68. The topological polar surface area (TPSA) is 15.3 Å². The lowest BCUT2D eigenvalue weighted by Gasteiger charge is -2.21. The Morgan fingerprint density at radius 3 is 2.56 bits per heavy atom. The maximum Gasteiger partial charge on any atom is 0.0386 e. The van der Waals surface area contributed by atoms with Crippen molar-refractivity contribution in [3.63, 3.8) is 0 Å². The van der Waals surface area contributed by atoms with E-state index in [1.54, 1.807) is 0 Å². The summed E-state index contributed by atoms with van der Waals surface area (Å²) in [5.74, 6) is 0. The summed E-state index contributed by atoms with van der Waals surface area (Å²) in [6.45, 7) is 9.36. The van der Waals surface area contributed by atoms with Crippen molar-refractivity contribution >= 4 is 11.3 Å². The molecule has 2 heterocycles. The molecule has 1 N–H and O–H groups in total. The van der Waals surface area contributed by atoms with Crippen LogP contribution < -0.4 is 5.32 Å². The normalized spacial score (nSPS) is 19.7. The molecule has 1 atom stereocenters. The third kappa shape index (κ3) is 4.38. The zero-order valence-electron chi connectivity index (χ0n) is 11.7. The summed E-state index contributed by atoms with van der Waals surface area (Å²) in [6.07, 6.45) is 5.63. The molecule has 0 bridgehead atoms. The Morgan fingerprint density at radius 1 is 1.22 bits per heavy atom. The molecule has 1 aliphatic rings. The molecule has 0 aromatic carbocycles. The lowest BCUT2D eigenvalue weighted by molar-refractivity contribution is 0.280. The molecule has 1 saturated heterocycles. The number of likely N-dealkylation sites (tertiary alicyclic amines) is 1. The molecule has 1 unspecified atom stereocenters. The number of nitrogens with zero attached hydrogens (tertiary/aromatic N) is 1. The van der Waals surface area contributed by atoms with Gasteiger partial charge in [0.15, 0.2) is 0 Å². The van der Waals surface area contributed by atoms with Crippen molar-refractivity contribution in [2.45, 2.75) is 45.6 Å². The summed E-state index contributed by atoms with van der Waals surface area (Å²) >= 11 is 1.91. The highest BCUT2D eigenvalue weighted by Crippen LogP contribution is 2.22. The average Bonchev–Trinajstić information content (AvgIpc) is 2.63. The van der Waals surface area contributed by atoms with E-state index in [-0.39, 0.29) is 0 Å². The van der Waals surface area contributed by atoms with Gasteiger partial charge < -0.3 is 10.2 Å². The van der Waals surface area contributed by atoms with Crippen molar-refractivity contribution in [2.24, 2.45) is 0 Å². The molecule has 102 valence electrons. The molecule has 1 aliphatic heterocycles. The highest BCUT2D eigenvalue weighted by Gasteiger charge is 2.10. The first-order valence-corrected chi connectivity index (χ1v) is 8.09. The van der Waals surface area contributed by atoms with Crippen molar-refractivity contribution in [3.05, 3.63) is 21.9 Å². The van der Waals surface area contributed by atoms with E-state index < -0.39 is 0 Å². The van der Waals surface area contributed by atoms with Gasteiger partial charge in [-0.1, -0.05) is 12.8 Å². The van der Waals surface area contributed by atoms with Crippen LogP contribution in [0.25, 0.3) is 0 Å². The van der Waals surface area contributed by atoms with Crippen molar-refractivity contribution in [1.82, 2.24) is 10.2 Å². The van der Waals surface area contributed by atoms with Crippen LogP contribution in [0.5, 0.6) is 0 Å². The van der Waals surface area contributed by atoms with Crippen LogP contribution in [-0.2, 0) is 0 Å². The fraction of sp³-hybridized carbons (Fsp3) is 0.733. The third-order valence-electron chi connectivity index (χ3n) is 3.77. The number of hydrogen-bond donors (Lipinski definition) is 1. The van der Waals surface area contributed by atoms with E-state index in [0.29, 0.717) is 6.04 Å². The van der Waals surface area contributed by atoms with Gasteiger partial charge in [0.1, 0.15) is 0 Å². The van der Waals surface area contributed by atoms with E-state index in [9.17, 15) is 0 Å². The highest BCUT2D eigenvalue weighted by molar-refractivity contribution is 7.12. The van der Waals surface area contributed by atoms with Crippen LogP contribution in [0.15, 0.2) is 12.1 Å². The number of thiophene rings is 1. The third-order valence-corrected chi connectivity index (χ3v) is 4.95. The van der Waals surface area contributed by atoms with Crippen molar-refractivity contribution in [2.75, 3.05) is 26.2 Å². The number of aryl methyl sites for hydroxylation is 1. The summed E-state index contributed by atoms with van der Waals surface area (Å²) in [5.41, 5.74) is 0. The summed E-state index contributed by atoms with van der Waals surface area (Å²) in [6, 6.07) is 4.96. The van der Waals surface area contributed by atoms with Crippen LogP contribution in [0.4, 0.5) is 0 Å². The van der Waals surface area contributed by atoms with Crippen molar-refractivity contribution in [1.29, 1.82) is 0 Å². The van der Waals surface area contributed by atoms with Crippen LogP contribution in [0.1, 0.15) is 48.4 Å². The number of hydrogen-bond acceptors (Lipinski definition) is 3. The van der Waals surface area contributed by atoms with Gasteiger partial charge in [0.05, 0.1) is 0 Å². The van der Waals surface area contributed by atoms with E-state index in [1.165, 1.54) is 55.1 Å². The second-order valence-corrected chi connectivity index (χ2v) is 6.70. The van der Waals surface area contributed by atoms with Gasteiger partial charge in [-0.2, -0.15) is 0 Å². The first-order chi connectivity index (χ1) is 8.75. The summed E-state index contributed by atoms with van der Waals surface area (Å²) in [5, 5.41) is 3.65. The van der Waals surface area contributed by atoms with E-state index in [1.807, 2.05) is 11.3 Å². The van der Waals surface area contributed by atoms with Gasteiger partial charge in [-0.3, -0.25) is 0 Å². The molecule has 18 heavy (non-hydrogen) atoms. The molecule has 1 fully saturated rings. The maximum atomic E-state index is 3.65. The molecular weight excluding hydrogens is 240 g/mol. The van der Waals surface area contributed by atoms with Gasteiger partial charge in [-0.05, 0) is 51.9 Å². The van der Waals surface area contributed by atoms with Gasteiger partial charge in [-0.15, -0.1) is 11.3 Å². The Hall–Kier alpha value is -0.380. The molecule has 0 saturated carbocycles. The summed E-state index contributed by atoms with van der Waals surface area (Å²) < 4.78 is 0. The highest BCUT2D eigenvalue weighted by atomic mass is 32.1. The molecule has 2 nitrogen and oxygen atoms in total. The van der Waals surface area contributed by atoms with Crippen LogP contribution in [0.3, 0.4) is 0 Å². The summed E-state index contributed by atoms with van der Waals surface area (Å²) in [7, 11) is 0. The predicted octanol–water partition coefficient (Wildman–Crippen LogP) is 3.58. The number of rotatable bonds is 5. The van der Waals surface area contributed by atoms with Crippen LogP contribution in [-0.4, -0.2) is 31.1 Å². The van der Waals surface area contributed by atoms with Gasteiger partial charge in [0.25, 0.3) is 0 Å². The monoisotopic (exact) mass is 266 g/mol. The lowest BCUT2D eigenvalue weighted by atomic mass is 10.2. The Bertz CT molecular complexity index is 340. The maximum absolute atomic E-state index is 3.65. The first kappa shape index (κ1) is 14.0. The van der Waals surface area contributed by atoms with E-state index in [4.69, 9.17) is 0 Å². The van der Waals surface area contributed by atoms with Gasteiger partial charge in [-0.25, -0.2) is 0 Å². The Labute approximate surface area is 115 Å². The molecule has 1 aromatic rings. The van der Waals surface area contributed by atoms with Gasteiger partial charge in [0.2, 0.25) is 0 Å². The fourth-order valence-electron chi connectivity index (χ4n) is 2.59. The zero-order valence-corrected chi connectivity index (χ0v) is 12.6. The molecule has 0 spiro atoms. The molecule has 1 aromatic heterocycles. The number of nitrogens with one attached hydrogen (secondary N) is 1. The van der Waals surface area contributed by atoms with Crippen LogP contribution in [0, 0.1) is 6.92 Å². The minimum Gasteiger partial charge on any atom is -0.308 e. The standard InChI is InChI=1S/C15H26N2S/c1-13-7-8-15(18-13)14(2)16-9-12-17-10-5-3-4-6-11-17/h7-8,14,16H,3-6,9-12H2,1-2H3. The zero-order chi connectivity index (χ0) is 12.8. The van der Waals surface area contributed by atoms with Crippen molar-refractivity contribution in [3.8, 4) is 0 Å². The minimum atomic E-state index is 0.496. The molecule has 0 radical (unpaired) electrons. The molecule has 0 amide bonds. The molecular formula is C15H26N2S. The largest absolute Gasteiger partial charge is 0.308 e. The molecule has 0 aliphatic carbocycles. The fourth-order valence-corrected chi connectivity index (χ4v) is 3.49. The van der Waals surface area contributed by atoms with Crippen LogP contribution >= 0.6 is 11.3 Å². The average molecular weight is 266 g/mol. The second-order valence-electron chi connectivity index (χ2n) is 5.38. The second kappa shape index (κ2) is 7.27. The molecule has 2 rings (SSSR count). The Morgan fingerprint density at radius 2 is 1.94 bits per heavy atom. The quantitative estimate of drug-likeness (QED) is 0.876. The lowest BCUT2D eigenvalue weighted by Crippen LogP contribution is -2.33. The van der Waals surface area contributed by atoms with E-state index in [0.717, 1.165) is 6.54 Å². The Kier molecular flexibility index (Phi) is 5.67. The van der Waals surface area contributed by atoms with E-state index in [2.05, 4.69) is 36.2 Å². The smallest absolute Gasteiger partial charge is 0.0386 e. The van der Waals surface area contributed by atoms with E-state index >= 15 is 0 Å². The predicted molar refractivity (Wildman–Crippen MR) is 80.4 cm³/mol. The first-order valence-electron chi connectivity index (χ1n) is 7.28. The summed E-state index contributed by atoms with van der Waals surface area (Å²) in [4.78, 5) is 5.49. The minimum absolute atomic E-state index is 0.496. The van der Waals surface area contributed by atoms with Crippen LogP contribution in [0.2, 0.25) is 0 Å². The van der Waals surface area contributed by atoms with Gasteiger partial charge >= 0.3 is 0 Å². The molecule has 3 heteroatoms. The SMILES string of the molecule is Cc1ccc(C(C)NCCN2CCCCCC2)s1. The van der Waals surface area contributed by atoms with Gasteiger partial charge in [0, 0.05) is 28.9 Å². The van der Waals surface area contributed by atoms with Crippen molar-refractivity contribution < 1.29 is 0 Å².